The summed E-state index contributed by atoms with van der Waals surface area (Å²) >= 11 is 0. The molecule has 0 amide bonds. The number of aromatic amines is 1. The molecule has 0 unspecified atom stereocenters. The Morgan fingerprint density at radius 1 is 0.871 bits per heavy atom. The van der Waals surface area contributed by atoms with Crippen LogP contribution in [0.3, 0.4) is 0 Å². The van der Waals surface area contributed by atoms with Crippen molar-refractivity contribution in [3.05, 3.63) is 113 Å². The van der Waals surface area contributed by atoms with Gasteiger partial charge in [0.25, 0.3) is 0 Å². The number of furan rings is 1. The standard InChI is InChI=1S/C24H21N5O2/c30-24-27-26-23(29(24)16-18-8-3-1-4-9-18)14-13-22-25-20(21-12-7-15-31-21)17-28(22)19-10-5-2-6-11-19/h1-12,15,17H,13-14,16H2,(H,27,30). The fraction of sp³-hybridized carbons (Fsp3) is 0.125. The van der Waals surface area contributed by atoms with Crippen molar-refractivity contribution >= 4 is 0 Å². The van der Waals surface area contributed by atoms with Crippen molar-refractivity contribution in [2.45, 2.75) is 19.4 Å². The Bertz CT molecular complexity index is 1320. The zero-order chi connectivity index (χ0) is 21.0. The number of nitrogens with zero attached hydrogens (tertiary/aromatic N) is 4. The van der Waals surface area contributed by atoms with Gasteiger partial charge in [0.2, 0.25) is 0 Å². The molecule has 7 heteroatoms. The molecule has 3 aromatic heterocycles. The van der Waals surface area contributed by atoms with Gasteiger partial charge < -0.3 is 8.98 Å². The van der Waals surface area contributed by atoms with Gasteiger partial charge in [-0.3, -0.25) is 4.57 Å². The van der Waals surface area contributed by atoms with Gasteiger partial charge in [-0.15, -0.1) is 0 Å². The zero-order valence-electron chi connectivity index (χ0n) is 16.8. The highest BCUT2D eigenvalue weighted by molar-refractivity contribution is 5.53. The first kappa shape index (κ1) is 18.9. The van der Waals surface area contributed by atoms with Gasteiger partial charge in [0.15, 0.2) is 5.76 Å². The molecule has 5 rings (SSSR count). The van der Waals surface area contributed by atoms with E-state index in [-0.39, 0.29) is 5.69 Å². The van der Waals surface area contributed by atoms with Crippen molar-refractivity contribution in [2.24, 2.45) is 0 Å². The summed E-state index contributed by atoms with van der Waals surface area (Å²) in [7, 11) is 0. The SMILES string of the molecule is O=c1[nH]nc(CCc2nc(-c3ccco3)cn2-c2ccccc2)n1Cc1ccccc1. The summed E-state index contributed by atoms with van der Waals surface area (Å²) in [5, 5.41) is 6.84. The van der Waals surface area contributed by atoms with Crippen LogP contribution in [0.2, 0.25) is 0 Å². The van der Waals surface area contributed by atoms with Gasteiger partial charge in [0.1, 0.15) is 17.3 Å². The van der Waals surface area contributed by atoms with E-state index in [9.17, 15) is 4.79 Å². The quantitative estimate of drug-likeness (QED) is 0.441. The molecule has 0 saturated carbocycles. The molecule has 0 aliphatic carbocycles. The van der Waals surface area contributed by atoms with E-state index >= 15 is 0 Å². The molecule has 154 valence electrons. The first-order valence-corrected chi connectivity index (χ1v) is 10.1. The molecule has 1 N–H and O–H groups in total. The second-order valence-electron chi connectivity index (χ2n) is 7.24. The van der Waals surface area contributed by atoms with Crippen molar-refractivity contribution in [3.63, 3.8) is 0 Å². The lowest BCUT2D eigenvalue weighted by Gasteiger charge is -2.08. The van der Waals surface area contributed by atoms with E-state index in [1.807, 2.05) is 79.0 Å². The molecular formula is C24H21N5O2. The molecule has 3 heterocycles. The van der Waals surface area contributed by atoms with Crippen LogP contribution in [0, 0.1) is 0 Å². The Hall–Kier alpha value is -4.13. The Kier molecular flexibility index (Phi) is 5.06. The van der Waals surface area contributed by atoms with Crippen LogP contribution < -0.4 is 5.69 Å². The highest BCUT2D eigenvalue weighted by Gasteiger charge is 2.15. The van der Waals surface area contributed by atoms with Gasteiger partial charge in [-0.2, -0.15) is 5.10 Å². The monoisotopic (exact) mass is 411 g/mol. The van der Waals surface area contributed by atoms with E-state index in [4.69, 9.17) is 9.40 Å². The van der Waals surface area contributed by atoms with Crippen molar-refractivity contribution in [1.29, 1.82) is 0 Å². The molecule has 0 spiro atoms. The minimum atomic E-state index is -0.207. The number of nitrogens with one attached hydrogen (secondary N) is 1. The third kappa shape index (κ3) is 3.98. The Balaban J connectivity index is 1.44. The summed E-state index contributed by atoms with van der Waals surface area (Å²) in [6, 6.07) is 23.7. The smallest absolute Gasteiger partial charge is 0.343 e. The first-order chi connectivity index (χ1) is 15.3. The summed E-state index contributed by atoms with van der Waals surface area (Å²) in [5.74, 6) is 2.30. The van der Waals surface area contributed by atoms with Gasteiger partial charge >= 0.3 is 5.69 Å². The summed E-state index contributed by atoms with van der Waals surface area (Å²) in [6.45, 7) is 0.482. The number of hydrogen-bond acceptors (Lipinski definition) is 4. The summed E-state index contributed by atoms with van der Waals surface area (Å²) in [4.78, 5) is 17.1. The van der Waals surface area contributed by atoms with E-state index in [1.54, 1.807) is 10.8 Å². The summed E-state index contributed by atoms with van der Waals surface area (Å²) in [6.07, 6.45) is 4.81. The van der Waals surface area contributed by atoms with Crippen LogP contribution in [0.1, 0.15) is 17.2 Å². The number of rotatable bonds is 7. The third-order valence-corrected chi connectivity index (χ3v) is 5.18. The van der Waals surface area contributed by atoms with Crippen molar-refractivity contribution in [1.82, 2.24) is 24.3 Å². The number of imidazole rings is 1. The minimum Gasteiger partial charge on any atom is -0.463 e. The van der Waals surface area contributed by atoms with Crippen LogP contribution >= 0.6 is 0 Å². The van der Waals surface area contributed by atoms with Crippen LogP contribution in [0.25, 0.3) is 17.1 Å². The predicted molar refractivity (Wildman–Crippen MR) is 117 cm³/mol. The maximum Gasteiger partial charge on any atom is 0.343 e. The molecule has 0 radical (unpaired) electrons. The van der Waals surface area contributed by atoms with Gasteiger partial charge in [-0.25, -0.2) is 14.9 Å². The maximum atomic E-state index is 12.3. The molecule has 0 aliphatic heterocycles. The van der Waals surface area contributed by atoms with Crippen molar-refractivity contribution in [3.8, 4) is 17.1 Å². The van der Waals surface area contributed by atoms with Crippen molar-refractivity contribution < 1.29 is 4.42 Å². The number of H-pyrrole nitrogens is 1. The van der Waals surface area contributed by atoms with Crippen LogP contribution in [0.5, 0.6) is 0 Å². The van der Waals surface area contributed by atoms with Crippen LogP contribution in [-0.4, -0.2) is 24.3 Å². The van der Waals surface area contributed by atoms with E-state index in [1.165, 1.54) is 0 Å². The van der Waals surface area contributed by atoms with Crippen LogP contribution in [0.4, 0.5) is 0 Å². The largest absolute Gasteiger partial charge is 0.463 e. The molecule has 0 fully saturated rings. The van der Waals surface area contributed by atoms with Crippen LogP contribution in [0.15, 0.2) is 94.5 Å². The normalized spacial score (nSPS) is 11.1. The molecule has 0 saturated heterocycles. The zero-order valence-corrected chi connectivity index (χ0v) is 16.8. The first-order valence-electron chi connectivity index (χ1n) is 10.1. The molecular weight excluding hydrogens is 390 g/mol. The third-order valence-electron chi connectivity index (χ3n) is 5.18. The number of para-hydroxylation sites is 1. The predicted octanol–water partition coefficient (Wildman–Crippen LogP) is 3.85. The number of aryl methyl sites for hydroxylation is 2. The minimum absolute atomic E-state index is 0.207. The average Bonchev–Trinajstić information content (AvgIpc) is 3.55. The van der Waals surface area contributed by atoms with E-state index in [2.05, 4.69) is 14.8 Å². The van der Waals surface area contributed by atoms with E-state index in [0.29, 0.717) is 25.2 Å². The molecule has 0 atom stereocenters. The number of benzene rings is 2. The van der Waals surface area contributed by atoms with Gasteiger partial charge in [-0.1, -0.05) is 48.5 Å². The summed E-state index contributed by atoms with van der Waals surface area (Å²) in [5.41, 5.74) is 2.64. The lowest BCUT2D eigenvalue weighted by atomic mass is 10.2. The highest BCUT2D eigenvalue weighted by Crippen LogP contribution is 2.22. The lowest BCUT2D eigenvalue weighted by Crippen LogP contribution is -2.20. The summed E-state index contributed by atoms with van der Waals surface area (Å²) < 4.78 is 9.28. The maximum absolute atomic E-state index is 12.3. The molecule has 0 aliphatic rings. The Labute approximate surface area is 178 Å². The molecule has 31 heavy (non-hydrogen) atoms. The Morgan fingerprint density at radius 3 is 2.35 bits per heavy atom. The fourth-order valence-corrected chi connectivity index (χ4v) is 3.64. The topological polar surface area (TPSA) is 81.6 Å². The lowest BCUT2D eigenvalue weighted by molar-refractivity contribution is 0.580. The highest BCUT2D eigenvalue weighted by atomic mass is 16.3. The second kappa shape index (κ2) is 8.31. The second-order valence-corrected chi connectivity index (χ2v) is 7.24. The Morgan fingerprint density at radius 2 is 1.61 bits per heavy atom. The van der Waals surface area contributed by atoms with Crippen LogP contribution in [-0.2, 0) is 19.4 Å². The van der Waals surface area contributed by atoms with Gasteiger partial charge in [0.05, 0.1) is 12.8 Å². The number of hydrogen-bond donors (Lipinski definition) is 1. The van der Waals surface area contributed by atoms with Gasteiger partial charge in [0, 0.05) is 24.7 Å². The number of aromatic nitrogens is 5. The fourth-order valence-electron chi connectivity index (χ4n) is 3.64. The molecule has 2 aromatic carbocycles. The molecule has 7 nitrogen and oxygen atoms in total. The van der Waals surface area contributed by atoms with E-state index in [0.717, 1.165) is 28.5 Å². The van der Waals surface area contributed by atoms with Gasteiger partial charge in [-0.05, 0) is 29.8 Å². The van der Waals surface area contributed by atoms with E-state index < -0.39 is 0 Å². The molecule has 0 bridgehead atoms. The van der Waals surface area contributed by atoms with Crippen molar-refractivity contribution in [2.75, 3.05) is 0 Å². The average molecular weight is 411 g/mol. The molecule has 5 aromatic rings.